The second-order valence-corrected chi connectivity index (χ2v) is 5.16. The quantitative estimate of drug-likeness (QED) is 0.795. The van der Waals surface area contributed by atoms with Crippen LogP contribution in [-0.4, -0.2) is 27.9 Å². The third kappa shape index (κ3) is 3.65. The molecular weight excluding hydrogens is 220 g/mol. The Kier molecular flexibility index (Phi) is 4.37. The number of nitrogens with two attached hydrogens (primary N) is 1. The molecule has 1 rings (SSSR count). The minimum absolute atomic E-state index is 0.437. The molecule has 1 atom stereocenters. The zero-order valence-electron chi connectivity index (χ0n) is 7.77. The molecule has 1 heterocycles. The highest BCUT2D eigenvalue weighted by molar-refractivity contribution is 7.98. The fourth-order valence-corrected chi connectivity index (χ4v) is 2.70. The van der Waals surface area contributed by atoms with Crippen LogP contribution in [0.1, 0.15) is 9.88 Å². The Hall–Kier alpha value is -0.590. The molecule has 0 aromatic carbocycles. The summed E-state index contributed by atoms with van der Waals surface area (Å²) in [5.74, 6) is 0.275. The number of nitrogens with zero attached hydrogens (tertiary/aromatic N) is 1. The summed E-state index contributed by atoms with van der Waals surface area (Å²) < 4.78 is 0. The molecule has 0 aliphatic rings. The van der Waals surface area contributed by atoms with Gasteiger partial charge in [0, 0.05) is 22.6 Å². The van der Waals surface area contributed by atoms with E-state index in [-0.39, 0.29) is 0 Å². The van der Waals surface area contributed by atoms with Crippen LogP contribution in [-0.2, 0) is 10.5 Å². The lowest BCUT2D eigenvalue weighted by atomic mass is 10.4. The molecule has 0 fully saturated rings. The molecule has 0 bridgehead atoms. The van der Waals surface area contributed by atoms with Gasteiger partial charge in [0.2, 0.25) is 0 Å². The van der Waals surface area contributed by atoms with Gasteiger partial charge in [-0.3, -0.25) is 4.79 Å². The first-order valence-electron chi connectivity index (χ1n) is 4.07. The Balaban J connectivity index is 2.25. The van der Waals surface area contributed by atoms with Crippen LogP contribution in [0.5, 0.6) is 0 Å². The van der Waals surface area contributed by atoms with Gasteiger partial charge in [0.15, 0.2) is 0 Å². The van der Waals surface area contributed by atoms with Crippen LogP contribution in [0.25, 0.3) is 0 Å². The van der Waals surface area contributed by atoms with Crippen LogP contribution in [0.2, 0.25) is 0 Å². The van der Waals surface area contributed by atoms with Crippen LogP contribution in [0.15, 0.2) is 6.20 Å². The fraction of sp³-hybridized carbons (Fsp3) is 0.500. The molecular formula is C8H12N2O2S2. The Morgan fingerprint density at radius 1 is 1.86 bits per heavy atom. The monoisotopic (exact) mass is 232 g/mol. The summed E-state index contributed by atoms with van der Waals surface area (Å²) in [4.78, 5) is 15.7. The maximum atomic E-state index is 10.4. The van der Waals surface area contributed by atoms with E-state index < -0.39 is 12.0 Å². The van der Waals surface area contributed by atoms with Crippen molar-refractivity contribution in [2.24, 2.45) is 5.73 Å². The molecule has 0 radical (unpaired) electrons. The minimum Gasteiger partial charge on any atom is -0.480 e. The van der Waals surface area contributed by atoms with Crippen LogP contribution >= 0.6 is 23.1 Å². The Labute approximate surface area is 90.5 Å². The maximum Gasteiger partial charge on any atom is 0.321 e. The van der Waals surface area contributed by atoms with E-state index in [1.165, 1.54) is 11.8 Å². The van der Waals surface area contributed by atoms with E-state index in [9.17, 15) is 4.79 Å². The van der Waals surface area contributed by atoms with E-state index in [4.69, 9.17) is 10.8 Å². The van der Waals surface area contributed by atoms with Gasteiger partial charge in [0.05, 0.1) is 5.01 Å². The summed E-state index contributed by atoms with van der Waals surface area (Å²) in [6.45, 7) is 1.95. The second-order valence-electron chi connectivity index (χ2n) is 2.81. The molecule has 0 amide bonds. The van der Waals surface area contributed by atoms with Crippen molar-refractivity contribution in [3.05, 3.63) is 16.1 Å². The van der Waals surface area contributed by atoms with E-state index in [2.05, 4.69) is 4.98 Å². The van der Waals surface area contributed by atoms with Gasteiger partial charge in [-0.25, -0.2) is 4.98 Å². The van der Waals surface area contributed by atoms with Crippen molar-refractivity contribution in [1.82, 2.24) is 4.98 Å². The highest BCUT2D eigenvalue weighted by atomic mass is 32.2. The predicted octanol–water partition coefficient (Wildman–Crippen LogP) is 1.10. The number of carbonyl (C=O) groups is 1. The van der Waals surface area contributed by atoms with Crippen LogP contribution in [0.4, 0.5) is 0 Å². The van der Waals surface area contributed by atoms with E-state index in [0.717, 1.165) is 15.6 Å². The molecule has 1 aromatic heterocycles. The smallest absolute Gasteiger partial charge is 0.321 e. The van der Waals surface area contributed by atoms with Crippen molar-refractivity contribution < 1.29 is 9.90 Å². The first kappa shape index (κ1) is 11.5. The van der Waals surface area contributed by atoms with Crippen molar-refractivity contribution in [3.63, 3.8) is 0 Å². The summed E-state index contributed by atoms with van der Waals surface area (Å²) in [5.41, 5.74) is 5.35. The molecule has 0 saturated heterocycles. The Bertz CT molecular complexity index is 314. The van der Waals surface area contributed by atoms with Gasteiger partial charge in [-0.15, -0.1) is 11.3 Å². The van der Waals surface area contributed by atoms with Gasteiger partial charge in [-0.05, 0) is 6.92 Å². The number of thiazole rings is 1. The van der Waals surface area contributed by atoms with E-state index in [0.29, 0.717) is 5.75 Å². The van der Waals surface area contributed by atoms with Crippen LogP contribution in [0.3, 0.4) is 0 Å². The average molecular weight is 232 g/mol. The van der Waals surface area contributed by atoms with Crippen molar-refractivity contribution in [3.8, 4) is 0 Å². The molecule has 0 aliphatic heterocycles. The number of aliphatic carboxylic acids is 1. The van der Waals surface area contributed by atoms with E-state index in [1.54, 1.807) is 11.3 Å². The first-order valence-corrected chi connectivity index (χ1v) is 6.04. The number of hydrogen-bond acceptors (Lipinski definition) is 5. The zero-order chi connectivity index (χ0) is 10.6. The highest BCUT2D eigenvalue weighted by Crippen LogP contribution is 2.18. The van der Waals surface area contributed by atoms with E-state index in [1.807, 2.05) is 13.1 Å². The van der Waals surface area contributed by atoms with Gasteiger partial charge >= 0.3 is 5.97 Å². The Morgan fingerprint density at radius 2 is 2.57 bits per heavy atom. The Morgan fingerprint density at radius 3 is 3.07 bits per heavy atom. The van der Waals surface area contributed by atoms with Crippen molar-refractivity contribution >= 4 is 29.1 Å². The lowest BCUT2D eigenvalue weighted by Crippen LogP contribution is -2.32. The van der Waals surface area contributed by atoms with Crippen LogP contribution < -0.4 is 5.73 Å². The van der Waals surface area contributed by atoms with Crippen LogP contribution in [0, 0.1) is 6.92 Å². The van der Waals surface area contributed by atoms with Gasteiger partial charge in [-0.1, -0.05) is 0 Å². The lowest BCUT2D eigenvalue weighted by Gasteiger charge is -2.03. The molecule has 0 aliphatic carbocycles. The average Bonchev–Trinajstić information content (AvgIpc) is 2.51. The number of aryl methyl sites for hydroxylation is 1. The number of aromatic nitrogens is 1. The number of carboxylic acid groups (broad SMARTS) is 1. The van der Waals surface area contributed by atoms with Crippen molar-refractivity contribution in [2.75, 3.05) is 5.75 Å². The number of rotatable bonds is 5. The van der Waals surface area contributed by atoms with E-state index >= 15 is 0 Å². The van der Waals surface area contributed by atoms with Gasteiger partial charge in [-0.2, -0.15) is 11.8 Å². The van der Waals surface area contributed by atoms with Crippen molar-refractivity contribution in [1.29, 1.82) is 0 Å². The normalized spacial score (nSPS) is 12.7. The number of hydrogen-bond donors (Lipinski definition) is 2. The number of carboxylic acids is 1. The highest BCUT2D eigenvalue weighted by Gasteiger charge is 2.11. The molecule has 0 spiro atoms. The molecule has 4 nitrogen and oxygen atoms in total. The predicted molar refractivity (Wildman–Crippen MR) is 58.6 cm³/mol. The molecule has 0 saturated carbocycles. The topological polar surface area (TPSA) is 76.2 Å². The summed E-state index contributed by atoms with van der Waals surface area (Å²) in [6, 6.07) is -0.769. The lowest BCUT2D eigenvalue weighted by molar-refractivity contribution is -0.137. The molecule has 0 unspecified atom stereocenters. The number of thioether (sulfide) groups is 1. The molecule has 78 valence electrons. The standard InChI is InChI=1S/C8H12N2O2S2/c1-5-10-2-6(14-5)3-13-4-7(9)8(11)12/h2,7H,3-4,9H2,1H3,(H,11,12)/t7-/m1/s1. The molecule has 6 heteroatoms. The summed E-state index contributed by atoms with van der Waals surface area (Å²) in [6.07, 6.45) is 1.82. The third-order valence-corrected chi connectivity index (χ3v) is 3.73. The van der Waals surface area contributed by atoms with Gasteiger partial charge in [0.25, 0.3) is 0 Å². The molecule has 3 N–H and O–H groups in total. The van der Waals surface area contributed by atoms with Gasteiger partial charge in [0.1, 0.15) is 6.04 Å². The third-order valence-electron chi connectivity index (χ3n) is 1.53. The summed E-state index contributed by atoms with van der Waals surface area (Å²) >= 11 is 3.15. The SMILES string of the molecule is Cc1ncc(CSC[C@@H](N)C(=O)O)s1. The summed E-state index contributed by atoms with van der Waals surface area (Å²) in [5, 5.41) is 9.57. The minimum atomic E-state index is -0.946. The second kappa shape index (κ2) is 5.33. The molecule has 14 heavy (non-hydrogen) atoms. The first-order chi connectivity index (χ1) is 6.59. The van der Waals surface area contributed by atoms with Gasteiger partial charge < -0.3 is 10.8 Å². The maximum absolute atomic E-state index is 10.4. The van der Waals surface area contributed by atoms with Crippen molar-refractivity contribution in [2.45, 2.75) is 18.7 Å². The fourth-order valence-electron chi connectivity index (χ4n) is 0.830. The summed E-state index contributed by atoms with van der Waals surface area (Å²) in [7, 11) is 0. The zero-order valence-corrected chi connectivity index (χ0v) is 9.40. The largest absolute Gasteiger partial charge is 0.480 e. The molecule has 1 aromatic rings.